The van der Waals surface area contributed by atoms with Crippen molar-refractivity contribution in [2.24, 2.45) is 5.73 Å². The summed E-state index contributed by atoms with van der Waals surface area (Å²) in [6.07, 6.45) is 4.21. The maximum absolute atomic E-state index is 13.6. The average Bonchev–Trinajstić information content (AvgIpc) is 2.35. The number of para-hydroxylation sites is 1. The third-order valence-electron chi connectivity index (χ3n) is 2.94. The molecule has 17 heavy (non-hydrogen) atoms. The first-order valence-corrected chi connectivity index (χ1v) is 7.26. The summed E-state index contributed by atoms with van der Waals surface area (Å²) in [5.74, 6) is 0.944. The van der Waals surface area contributed by atoms with Crippen molar-refractivity contribution in [3.63, 3.8) is 0 Å². The Balaban J connectivity index is 2.65. The van der Waals surface area contributed by atoms with Gasteiger partial charge in [-0.25, -0.2) is 4.39 Å². The van der Waals surface area contributed by atoms with E-state index in [0.717, 1.165) is 18.6 Å². The first kappa shape index (κ1) is 14.3. The van der Waals surface area contributed by atoms with E-state index < -0.39 is 0 Å². The molecule has 1 unspecified atom stereocenters. The van der Waals surface area contributed by atoms with Crippen molar-refractivity contribution in [1.82, 2.24) is 0 Å². The van der Waals surface area contributed by atoms with Gasteiger partial charge in [0.2, 0.25) is 0 Å². The van der Waals surface area contributed by atoms with Gasteiger partial charge in [-0.2, -0.15) is 11.8 Å². The van der Waals surface area contributed by atoms with Gasteiger partial charge in [-0.3, -0.25) is 0 Å². The second kappa shape index (κ2) is 7.56. The van der Waals surface area contributed by atoms with Crippen molar-refractivity contribution >= 4 is 17.4 Å². The molecule has 96 valence electrons. The number of nitrogens with two attached hydrogens (primary N) is 1. The number of thioether (sulfide) groups is 1. The summed E-state index contributed by atoms with van der Waals surface area (Å²) in [5.41, 5.74) is 6.40. The highest BCUT2D eigenvalue weighted by Crippen LogP contribution is 2.21. The molecule has 1 aromatic rings. The van der Waals surface area contributed by atoms with Crippen molar-refractivity contribution in [3.8, 4) is 0 Å². The molecule has 0 aliphatic carbocycles. The van der Waals surface area contributed by atoms with E-state index in [1.165, 1.54) is 6.07 Å². The van der Waals surface area contributed by atoms with Gasteiger partial charge in [0.1, 0.15) is 5.82 Å². The van der Waals surface area contributed by atoms with Gasteiger partial charge in [-0.15, -0.1) is 0 Å². The van der Waals surface area contributed by atoms with Gasteiger partial charge in [0, 0.05) is 19.6 Å². The summed E-state index contributed by atoms with van der Waals surface area (Å²) in [7, 11) is 1.91. The number of hydrogen-bond acceptors (Lipinski definition) is 3. The second-order valence-corrected chi connectivity index (χ2v) is 5.07. The number of halogens is 1. The van der Waals surface area contributed by atoms with E-state index in [4.69, 9.17) is 5.73 Å². The SMILES string of the molecule is CSCCCC(CN)N(C)c1ccccc1F. The van der Waals surface area contributed by atoms with E-state index in [2.05, 4.69) is 6.26 Å². The Morgan fingerprint density at radius 1 is 1.41 bits per heavy atom. The highest BCUT2D eigenvalue weighted by atomic mass is 32.2. The monoisotopic (exact) mass is 256 g/mol. The Morgan fingerprint density at radius 2 is 2.12 bits per heavy atom. The van der Waals surface area contributed by atoms with E-state index in [1.54, 1.807) is 12.1 Å². The van der Waals surface area contributed by atoms with Crippen molar-refractivity contribution in [2.45, 2.75) is 18.9 Å². The van der Waals surface area contributed by atoms with Crippen molar-refractivity contribution in [1.29, 1.82) is 0 Å². The molecule has 0 aromatic heterocycles. The Morgan fingerprint density at radius 3 is 2.71 bits per heavy atom. The lowest BCUT2D eigenvalue weighted by Gasteiger charge is -2.29. The van der Waals surface area contributed by atoms with Crippen molar-refractivity contribution in [3.05, 3.63) is 30.1 Å². The lowest BCUT2D eigenvalue weighted by molar-refractivity contribution is 0.561. The minimum absolute atomic E-state index is 0.182. The van der Waals surface area contributed by atoms with Gasteiger partial charge in [0.25, 0.3) is 0 Å². The molecular formula is C13H21FN2S. The van der Waals surface area contributed by atoms with Crippen molar-refractivity contribution < 1.29 is 4.39 Å². The Labute approximate surface area is 107 Å². The second-order valence-electron chi connectivity index (χ2n) is 4.09. The van der Waals surface area contributed by atoms with Crippen LogP contribution in [0.1, 0.15) is 12.8 Å². The molecule has 4 heteroatoms. The lowest BCUT2D eigenvalue weighted by Crippen LogP contribution is -2.38. The fourth-order valence-corrected chi connectivity index (χ4v) is 2.32. The van der Waals surface area contributed by atoms with Crippen LogP contribution in [0.4, 0.5) is 10.1 Å². The zero-order chi connectivity index (χ0) is 12.7. The quantitative estimate of drug-likeness (QED) is 0.761. The number of hydrogen-bond donors (Lipinski definition) is 1. The van der Waals surface area contributed by atoms with Gasteiger partial charge in [0.05, 0.1) is 5.69 Å². The van der Waals surface area contributed by atoms with Crippen LogP contribution in [0.5, 0.6) is 0 Å². The molecule has 0 radical (unpaired) electrons. The molecule has 0 bridgehead atoms. The topological polar surface area (TPSA) is 29.3 Å². The van der Waals surface area contributed by atoms with Crippen molar-refractivity contribution in [2.75, 3.05) is 30.5 Å². The van der Waals surface area contributed by atoms with Crippen LogP contribution in [0.15, 0.2) is 24.3 Å². The summed E-state index contributed by atoms with van der Waals surface area (Å²) in [4.78, 5) is 1.95. The van der Waals surface area contributed by atoms with Crippen LogP contribution in [0.3, 0.4) is 0 Å². The van der Waals surface area contributed by atoms with Crippen LogP contribution in [-0.2, 0) is 0 Å². The maximum atomic E-state index is 13.6. The van der Waals surface area contributed by atoms with Gasteiger partial charge in [-0.1, -0.05) is 12.1 Å². The predicted molar refractivity (Wildman–Crippen MR) is 75.3 cm³/mol. The minimum atomic E-state index is -0.182. The first-order valence-electron chi connectivity index (χ1n) is 5.87. The number of rotatable bonds is 7. The number of nitrogens with zero attached hydrogens (tertiary/aromatic N) is 1. The van der Waals surface area contributed by atoms with Crippen LogP contribution in [0.25, 0.3) is 0 Å². The normalized spacial score (nSPS) is 12.5. The third kappa shape index (κ3) is 4.21. The zero-order valence-corrected chi connectivity index (χ0v) is 11.3. The Kier molecular flexibility index (Phi) is 6.37. The molecule has 0 saturated carbocycles. The molecule has 1 rings (SSSR count). The van der Waals surface area contributed by atoms with E-state index in [0.29, 0.717) is 12.2 Å². The van der Waals surface area contributed by atoms with E-state index >= 15 is 0 Å². The van der Waals surface area contributed by atoms with Gasteiger partial charge in [-0.05, 0) is 37.0 Å². The number of anilines is 1. The van der Waals surface area contributed by atoms with Crippen LogP contribution in [0.2, 0.25) is 0 Å². The summed E-state index contributed by atoms with van der Waals surface area (Å²) >= 11 is 1.83. The van der Waals surface area contributed by atoms with Crippen LogP contribution in [-0.4, -0.2) is 31.6 Å². The third-order valence-corrected chi connectivity index (χ3v) is 3.63. The maximum Gasteiger partial charge on any atom is 0.146 e. The molecule has 2 nitrogen and oxygen atoms in total. The summed E-state index contributed by atoms with van der Waals surface area (Å²) in [6, 6.07) is 7.05. The van der Waals surface area contributed by atoms with Crippen LogP contribution < -0.4 is 10.6 Å². The van der Waals surface area contributed by atoms with Crippen LogP contribution in [0, 0.1) is 5.82 Å². The average molecular weight is 256 g/mol. The molecular weight excluding hydrogens is 235 g/mol. The smallest absolute Gasteiger partial charge is 0.146 e. The predicted octanol–water partition coefficient (Wildman–Crippen LogP) is 2.73. The molecule has 0 aliphatic heterocycles. The number of benzene rings is 1. The molecule has 0 heterocycles. The molecule has 1 aromatic carbocycles. The number of likely N-dealkylation sites (N-methyl/N-ethyl adjacent to an activating group) is 1. The highest BCUT2D eigenvalue weighted by Gasteiger charge is 2.15. The summed E-state index contributed by atoms with van der Waals surface area (Å²) in [5, 5.41) is 0. The van der Waals surface area contributed by atoms with E-state index in [-0.39, 0.29) is 11.9 Å². The summed E-state index contributed by atoms with van der Waals surface area (Å²) in [6.45, 7) is 0.555. The molecule has 0 amide bonds. The molecule has 0 saturated heterocycles. The largest absolute Gasteiger partial charge is 0.368 e. The van der Waals surface area contributed by atoms with Gasteiger partial charge >= 0.3 is 0 Å². The van der Waals surface area contributed by atoms with Crippen LogP contribution >= 0.6 is 11.8 Å². The Bertz CT molecular complexity index is 333. The molecule has 0 spiro atoms. The fraction of sp³-hybridized carbons (Fsp3) is 0.538. The zero-order valence-electron chi connectivity index (χ0n) is 10.5. The molecule has 1 atom stereocenters. The van der Waals surface area contributed by atoms with Gasteiger partial charge in [0.15, 0.2) is 0 Å². The highest BCUT2D eigenvalue weighted by molar-refractivity contribution is 7.98. The summed E-state index contributed by atoms with van der Waals surface area (Å²) < 4.78 is 13.6. The molecule has 2 N–H and O–H groups in total. The Hall–Kier alpha value is -0.740. The standard InChI is InChI=1S/C13H21FN2S/c1-16(11(10-15)6-5-9-17-2)13-8-4-3-7-12(13)14/h3-4,7-8,11H,5-6,9-10,15H2,1-2H3. The van der Waals surface area contributed by atoms with E-state index in [9.17, 15) is 4.39 Å². The minimum Gasteiger partial charge on any atom is -0.368 e. The van der Waals surface area contributed by atoms with E-state index in [1.807, 2.05) is 29.8 Å². The van der Waals surface area contributed by atoms with Gasteiger partial charge < -0.3 is 10.6 Å². The first-order chi connectivity index (χ1) is 8.20. The molecule has 0 aliphatic rings. The fourth-order valence-electron chi connectivity index (χ4n) is 1.87. The lowest BCUT2D eigenvalue weighted by atomic mass is 10.1. The molecule has 0 fully saturated rings.